The number of fused-ring (bicyclic) bond motifs is 1. The van der Waals surface area contributed by atoms with E-state index >= 15 is 0 Å². The highest BCUT2D eigenvalue weighted by molar-refractivity contribution is 5.91. The quantitative estimate of drug-likeness (QED) is 0.418. The number of rotatable bonds is 6. The van der Waals surface area contributed by atoms with E-state index in [0.717, 1.165) is 51.7 Å². The molecule has 0 radical (unpaired) electrons. The second-order valence-corrected chi connectivity index (χ2v) is 7.88. The highest BCUT2D eigenvalue weighted by Gasteiger charge is 2.13. The minimum atomic E-state index is 0.00494. The molecule has 3 aromatic carbocycles. The number of anilines is 1. The van der Waals surface area contributed by atoms with Crippen LogP contribution in [-0.2, 0) is 11.2 Å². The number of amides is 1. The predicted octanol–water partition coefficient (Wildman–Crippen LogP) is 5.76. The van der Waals surface area contributed by atoms with Crippen molar-refractivity contribution in [3.63, 3.8) is 0 Å². The number of ether oxygens (including phenoxy) is 2. The van der Waals surface area contributed by atoms with Gasteiger partial charge in [-0.1, -0.05) is 48.5 Å². The Bertz CT molecular complexity index is 1250. The van der Waals surface area contributed by atoms with E-state index < -0.39 is 0 Å². The summed E-state index contributed by atoms with van der Waals surface area (Å²) in [5.41, 5.74) is 5.62. The number of aromatic nitrogens is 1. The molecule has 0 saturated heterocycles. The SMILES string of the molecule is O=C(CCc1ccccc1)Nc1ccc(-c2cccc(-c3ccc4c(c3)OCCO4)n2)cc1. The van der Waals surface area contributed by atoms with Gasteiger partial charge in [-0.15, -0.1) is 0 Å². The van der Waals surface area contributed by atoms with Crippen LogP contribution in [0.25, 0.3) is 22.5 Å². The van der Waals surface area contributed by atoms with Gasteiger partial charge in [-0.25, -0.2) is 4.98 Å². The molecule has 0 spiro atoms. The fourth-order valence-electron chi connectivity index (χ4n) is 3.81. The third kappa shape index (κ3) is 5.04. The van der Waals surface area contributed by atoms with Crippen LogP contribution in [0.4, 0.5) is 5.69 Å². The zero-order valence-corrected chi connectivity index (χ0v) is 18.2. The molecule has 1 amide bonds. The zero-order chi connectivity index (χ0) is 22.5. The van der Waals surface area contributed by atoms with Gasteiger partial charge in [0, 0.05) is 23.2 Å². The van der Waals surface area contributed by atoms with Crippen LogP contribution in [0.2, 0.25) is 0 Å². The number of nitrogens with one attached hydrogen (secondary N) is 1. The molecule has 5 heteroatoms. The van der Waals surface area contributed by atoms with E-state index in [9.17, 15) is 4.79 Å². The highest BCUT2D eigenvalue weighted by Crippen LogP contribution is 2.34. The van der Waals surface area contributed by atoms with Gasteiger partial charge in [-0.3, -0.25) is 4.79 Å². The lowest BCUT2D eigenvalue weighted by atomic mass is 10.1. The van der Waals surface area contributed by atoms with Crippen molar-refractivity contribution in [2.45, 2.75) is 12.8 Å². The van der Waals surface area contributed by atoms with Gasteiger partial charge in [0.1, 0.15) is 13.2 Å². The summed E-state index contributed by atoms with van der Waals surface area (Å²) < 4.78 is 11.3. The first-order valence-corrected chi connectivity index (χ1v) is 11.1. The summed E-state index contributed by atoms with van der Waals surface area (Å²) in [6.07, 6.45) is 1.17. The molecule has 0 fully saturated rings. The lowest BCUT2D eigenvalue weighted by Gasteiger charge is -2.18. The fraction of sp³-hybridized carbons (Fsp3) is 0.143. The third-order valence-electron chi connectivity index (χ3n) is 5.54. The average Bonchev–Trinajstić information content (AvgIpc) is 2.88. The lowest BCUT2D eigenvalue weighted by Crippen LogP contribution is -2.15. The second-order valence-electron chi connectivity index (χ2n) is 7.88. The van der Waals surface area contributed by atoms with Gasteiger partial charge in [-0.2, -0.15) is 0 Å². The molecule has 1 aliphatic rings. The van der Waals surface area contributed by atoms with Crippen molar-refractivity contribution >= 4 is 11.6 Å². The molecule has 0 aliphatic carbocycles. The lowest BCUT2D eigenvalue weighted by molar-refractivity contribution is -0.116. The van der Waals surface area contributed by atoms with E-state index in [1.807, 2.05) is 91.0 Å². The summed E-state index contributed by atoms with van der Waals surface area (Å²) in [7, 11) is 0. The molecular formula is C28H24N2O3. The summed E-state index contributed by atoms with van der Waals surface area (Å²) >= 11 is 0. The zero-order valence-electron chi connectivity index (χ0n) is 18.2. The summed E-state index contributed by atoms with van der Waals surface area (Å²) in [4.78, 5) is 17.1. The Kier molecular flexibility index (Phi) is 6.02. The smallest absolute Gasteiger partial charge is 0.224 e. The molecule has 2 heterocycles. The van der Waals surface area contributed by atoms with Crippen molar-refractivity contribution < 1.29 is 14.3 Å². The number of hydrogen-bond donors (Lipinski definition) is 1. The van der Waals surface area contributed by atoms with Gasteiger partial charge in [0.05, 0.1) is 11.4 Å². The van der Waals surface area contributed by atoms with E-state index in [4.69, 9.17) is 14.5 Å². The van der Waals surface area contributed by atoms with Crippen LogP contribution < -0.4 is 14.8 Å². The number of nitrogens with zero attached hydrogens (tertiary/aromatic N) is 1. The predicted molar refractivity (Wildman–Crippen MR) is 129 cm³/mol. The average molecular weight is 437 g/mol. The van der Waals surface area contributed by atoms with Gasteiger partial charge >= 0.3 is 0 Å². The molecule has 1 aromatic heterocycles. The number of benzene rings is 3. The van der Waals surface area contributed by atoms with E-state index in [-0.39, 0.29) is 5.91 Å². The summed E-state index contributed by atoms with van der Waals surface area (Å²) in [6, 6.07) is 29.6. The van der Waals surface area contributed by atoms with Gasteiger partial charge in [0.15, 0.2) is 11.5 Å². The Morgan fingerprint density at radius 3 is 2.24 bits per heavy atom. The molecular weight excluding hydrogens is 412 g/mol. The van der Waals surface area contributed by atoms with E-state index in [1.54, 1.807) is 0 Å². The summed E-state index contributed by atoms with van der Waals surface area (Å²) in [6.45, 7) is 1.13. The van der Waals surface area contributed by atoms with Crippen LogP contribution in [-0.4, -0.2) is 24.1 Å². The largest absolute Gasteiger partial charge is 0.486 e. The van der Waals surface area contributed by atoms with Crippen molar-refractivity contribution in [3.8, 4) is 34.0 Å². The number of hydrogen-bond acceptors (Lipinski definition) is 4. The maximum Gasteiger partial charge on any atom is 0.224 e. The number of aryl methyl sites for hydroxylation is 1. The molecule has 4 aromatic rings. The highest BCUT2D eigenvalue weighted by atomic mass is 16.6. The fourth-order valence-corrected chi connectivity index (χ4v) is 3.81. The van der Waals surface area contributed by atoms with Crippen LogP contribution in [0.15, 0.2) is 91.0 Å². The molecule has 0 saturated carbocycles. The monoisotopic (exact) mass is 436 g/mol. The molecule has 164 valence electrons. The molecule has 33 heavy (non-hydrogen) atoms. The van der Waals surface area contributed by atoms with Gasteiger partial charge in [0.2, 0.25) is 5.91 Å². The molecule has 5 rings (SSSR count). The number of carbonyl (C=O) groups is 1. The van der Waals surface area contributed by atoms with Crippen molar-refractivity contribution in [2.24, 2.45) is 0 Å². The van der Waals surface area contributed by atoms with E-state index in [0.29, 0.717) is 19.6 Å². The normalized spacial score (nSPS) is 12.2. The minimum absolute atomic E-state index is 0.00494. The Balaban J connectivity index is 1.26. The Labute approximate surface area is 193 Å². The Hall–Kier alpha value is -4.12. The Morgan fingerprint density at radius 1 is 0.758 bits per heavy atom. The first-order valence-electron chi connectivity index (χ1n) is 11.1. The van der Waals surface area contributed by atoms with Crippen molar-refractivity contribution in [2.75, 3.05) is 18.5 Å². The second kappa shape index (κ2) is 9.57. The van der Waals surface area contributed by atoms with Crippen molar-refractivity contribution in [1.82, 2.24) is 4.98 Å². The van der Waals surface area contributed by atoms with Gasteiger partial charge in [-0.05, 0) is 54.4 Å². The number of carbonyl (C=O) groups excluding carboxylic acids is 1. The maximum absolute atomic E-state index is 12.3. The third-order valence-corrected chi connectivity index (χ3v) is 5.54. The molecule has 1 N–H and O–H groups in total. The first kappa shape index (κ1) is 20.8. The van der Waals surface area contributed by atoms with Crippen LogP contribution in [0.1, 0.15) is 12.0 Å². The van der Waals surface area contributed by atoms with Crippen LogP contribution in [0.5, 0.6) is 11.5 Å². The topological polar surface area (TPSA) is 60.5 Å². The Morgan fingerprint density at radius 2 is 1.45 bits per heavy atom. The molecule has 0 bridgehead atoms. The molecule has 0 atom stereocenters. The standard InChI is InChI=1S/C28H24N2O3/c31-28(16-9-20-5-2-1-3-6-20)29-23-13-10-21(11-14-23)24-7-4-8-25(30-24)22-12-15-26-27(19-22)33-18-17-32-26/h1-8,10-15,19H,9,16-18H2,(H,29,31). The summed E-state index contributed by atoms with van der Waals surface area (Å²) in [5.74, 6) is 1.52. The minimum Gasteiger partial charge on any atom is -0.486 e. The molecule has 5 nitrogen and oxygen atoms in total. The molecule has 1 aliphatic heterocycles. The van der Waals surface area contributed by atoms with Crippen LogP contribution in [0.3, 0.4) is 0 Å². The van der Waals surface area contributed by atoms with Gasteiger partial charge in [0.25, 0.3) is 0 Å². The summed E-state index contributed by atoms with van der Waals surface area (Å²) in [5, 5.41) is 2.97. The van der Waals surface area contributed by atoms with E-state index in [2.05, 4.69) is 5.32 Å². The van der Waals surface area contributed by atoms with Crippen LogP contribution in [0, 0.1) is 0 Å². The van der Waals surface area contributed by atoms with Crippen molar-refractivity contribution in [3.05, 3.63) is 96.6 Å². The molecule has 0 unspecified atom stereocenters. The van der Waals surface area contributed by atoms with Gasteiger partial charge < -0.3 is 14.8 Å². The maximum atomic E-state index is 12.3. The van der Waals surface area contributed by atoms with Crippen LogP contribution >= 0.6 is 0 Å². The number of pyridine rings is 1. The van der Waals surface area contributed by atoms with E-state index in [1.165, 1.54) is 0 Å². The van der Waals surface area contributed by atoms with Crippen molar-refractivity contribution in [1.29, 1.82) is 0 Å². The first-order chi connectivity index (χ1) is 16.2.